The second-order valence-corrected chi connectivity index (χ2v) is 8.75. The maximum absolute atomic E-state index is 13.8. The normalized spacial score (nSPS) is 24.6. The van der Waals surface area contributed by atoms with Gasteiger partial charge in [0, 0.05) is 63.4 Å². The molecule has 0 radical (unpaired) electrons. The first-order valence-corrected chi connectivity index (χ1v) is 11.1. The van der Waals surface area contributed by atoms with E-state index >= 15 is 0 Å². The van der Waals surface area contributed by atoms with Crippen LogP contribution in [0, 0.1) is 0 Å². The summed E-state index contributed by atoms with van der Waals surface area (Å²) in [7, 11) is 0. The van der Waals surface area contributed by atoms with Crippen LogP contribution in [0.2, 0.25) is 0 Å². The standard InChI is InChI=1S/C23H24N4O2S/c28-22-23(29-9-8-27(22)14-19-5-10-30-16-19)17-26(13-18-3-1-6-24-11-18)15-21(23)20-4-2-7-25-12-20/h1-7,10-12,16,21H,8-9,13-15,17H2/t21-,23+/m0/s1. The molecule has 0 N–H and O–H groups in total. The van der Waals surface area contributed by atoms with E-state index in [-0.39, 0.29) is 11.8 Å². The van der Waals surface area contributed by atoms with Gasteiger partial charge in [0.1, 0.15) is 0 Å². The van der Waals surface area contributed by atoms with Crippen molar-refractivity contribution in [1.82, 2.24) is 19.8 Å². The van der Waals surface area contributed by atoms with Gasteiger partial charge < -0.3 is 9.64 Å². The number of thiophene rings is 1. The molecule has 0 aliphatic carbocycles. The van der Waals surface area contributed by atoms with Crippen LogP contribution in [0.1, 0.15) is 22.6 Å². The number of likely N-dealkylation sites (tertiary alicyclic amines) is 1. The van der Waals surface area contributed by atoms with Gasteiger partial charge in [0.25, 0.3) is 5.91 Å². The minimum absolute atomic E-state index is 0.0550. The minimum atomic E-state index is -0.875. The molecule has 2 aliphatic rings. The molecule has 3 aromatic heterocycles. The maximum atomic E-state index is 13.8. The molecule has 0 saturated carbocycles. The van der Waals surface area contributed by atoms with Crippen molar-refractivity contribution in [3.8, 4) is 0 Å². The summed E-state index contributed by atoms with van der Waals surface area (Å²) in [6, 6.07) is 10.1. The molecule has 2 saturated heterocycles. The van der Waals surface area contributed by atoms with E-state index in [4.69, 9.17) is 4.74 Å². The smallest absolute Gasteiger partial charge is 0.257 e. The Morgan fingerprint density at radius 3 is 2.70 bits per heavy atom. The summed E-state index contributed by atoms with van der Waals surface area (Å²) in [5, 5.41) is 4.16. The van der Waals surface area contributed by atoms with Crippen molar-refractivity contribution in [1.29, 1.82) is 0 Å². The van der Waals surface area contributed by atoms with Gasteiger partial charge in [-0.05, 0) is 45.6 Å². The van der Waals surface area contributed by atoms with Crippen LogP contribution < -0.4 is 0 Å². The fourth-order valence-electron chi connectivity index (χ4n) is 4.63. The number of hydrogen-bond acceptors (Lipinski definition) is 6. The van der Waals surface area contributed by atoms with E-state index in [1.54, 1.807) is 23.7 Å². The van der Waals surface area contributed by atoms with Crippen molar-refractivity contribution in [3.63, 3.8) is 0 Å². The summed E-state index contributed by atoms with van der Waals surface area (Å²) >= 11 is 1.66. The predicted molar refractivity (Wildman–Crippen MR) is 115 cm³/mol. The number of carbonyl (C=O) groups is 1. The lowest BCUT2D eigenvalue weighted by molar-refractivity contribution is -0.173. The maximum Gasteiger partial charge on any atom is 0.257 e. The summed E-state index contributed by atoms with van der Waals surface area (Å²) < 4.78 is 6.35. The van der Waals surface area contributed by atoms with E-state index in [1.165, 1.54) is 5.56 Å². The molecular formula is C23H24N4O2S. The Balaban J connectivity index is 1.45. The van der Waals surface area contributed by atoms with E-state index in [0.717, 1.165) is 24.2 Å². The number of pyridine rings is 2. The number of morpholine rings is 1. The molecule has 7 heteroatoms. The number of aromatic nitrogens is 2. The lowest BCUT2D eigenvalue weighted by Crippen LogP contribution is -2.59. The van der Waals surface area contributed by atoms with Gasteiger partial charge in [-0.1, -0.05) is 12.1 Å². The zero-order chi connectivity index (χ0) is 20.4. The van der Waals surface area contributed by atoms with Gasteiger partial charge in [-0.2, -0.15) is 11.3 Å². The fourth-order valence-corrected chi connectivity index (χ4v) is 5.29. The van der Waals surface area contributed by atoms with Gasteiger partial charge in [-0.25, -0.2) is 0 Å². The molecule has 2 fully saturated rings. The van der Waals surface area contributed by atoms with Crippen LogP contribution in [0.25, 0.3) is 0 Å². The molecule has 0 unspecified atom stereocenters. The van der Waals surface area contributed by atoms with E-state index in [0.29, 0.717) is 26.2 Å². The van der Waals surface area contributed by atoms with E-state index in [1.807, 2.05) is 29.4 Å². The Kier molecular flexibility index (Phi) is 5.33. The number of carbonyl (C=O) groups excluding carboxylic acids is 1. The number of nitrogens with zero attached hydrogens (tertiary/aromatic N) is 4. The van der Waals surface area contributed by atoms with Gasteiger partial charge in [0.2, 0.25) is 0 Å². The lowest BCUT2D eigenvalue weighted by atomic mass is 9.83. The SMILES string of the molecule is O=C1N(Cc2ccsc2)CCO[C@@]12CN(Cc1cccnc1)C[C@H]2c1cccnc1. The molecule has 0 bridgehead atoms. The van der Waals surface area contributed by atoms with Crippen LogP contribution in [0.4, 0.5) is 0 Å². The van der Waals surface area contributed by atoms with Crippen LogP contribution in [0.3, 0.4) is 0 Å². The molecular weight excluding hydrogens is 396 g/mol. The van der Waals surface area contributed by atoms with Gasteiger partial charge >= 0.3 is 0 Å². The van der Waals surface area contributed by atoms with Gasteiger partial charge in [0.15, 0.2) is 5.60 Å². The average molecular weight is 421 g/mol. The number of ether oxygens (including phenoxy) is 1. The van der Waals surface area contributed by atoms with Gasteiger partial charge in [-0.3, -0.25) is 19.7 Å². The Bertz CT molecular complexity index is 983. The highest BCUT2D eigenvalue weighted by Crippen LogP contribution is 2.42. The summed E-state index contributed by atoms with van der Waals surface area (Å²) in [4.78, 5) is 26.6. The van der Waals surface area contributed by atoms with Crippen molar-refractivity contribution < 1.29 is 9.53 Å². The number of amides is 1. The molecule has 1 spiro atoms. The number of hydrogen-bond donors (Lipinski definition) is 0. The third-order valence-electron chi connectivity index (χ3n) is 6.00. The summed E-state index contributed by atoms with van der Waals surface area (Å²) in [5.41, 5.74) is 2.49. The van der Waals surface area contributed by atoms with Gasteiger partial charge in [-0.15, -0.1) is 0 Å². The second kappa shape index (κ2) is 8.26. The Morgan fingerprint density at radius 2 is 1.97 bits per heavy atom. The molecule has 6 nitrogen and oxygen atoms in total. The first-order valence-electron chi connectivity index (χ1n) is 10.2. The molecule has 154 valence electrons. The zero-order valence-electron chi connectivity index (χ0n) is 16.7. The van der Waals surface area contributed by atoms with E-state index in [2.05, 4.69) is 43.8 Å². The molecule has 3 aromatic rings. The van der Waals surface area contributed by atoms with Crippen LogP contribution in [0.15, 0.2) is 65.9 Å². The van der Waals surface area contributed by atoms with Crippen molar-refractivity contribution >= 4 is 17.2 Å². The summed E-state index contributed by atoms with van der Waals surface area (Å²) in [5.74, 6) is 0.0307. The Morgan fingerprint density at radius 1 is 1.10 bits per heavy atom. The first kappa shape index (κ1) is 19.4. The number of rotatable bonds is 5. The van der Waals surface area contributed by atoms with Crippen molar-refractivity contribution in [2.75, 3.05) is 26.2 Å². The van der Waals surface area contributed by atoms with Crippen LogP contribution in [0.5, 0.6) is 0 Å². The molecule has 1 amide bonds. The van der Waals surface area contributed by atoms with Crippen LogP contribution in [-0.4, -0.2) is 57.5 Å². The molecule has 30 heavy (non-hydrogen) atoms. The average Bonchev–Trinajstić information content (AvgIpc) is 3.41. The third-order valence-corrected chi connectivity index (χ3v) is 6.73. The monoisotopic (exact) mass is 420 g/mol. The lowest BCUT2D eigenvalue weighted by Gasteiger charge is -2.42. The van der Waals surface area contributed by atoms with Crippen LogP contribution >= 0.6 is 11.3 Å². The topological polar surface area (TPSA) is 58.6 Å². The largest absolute Gasteiger partial charge is 0.361 e. The molecule has 2 atom stereocenters. The predicted octanol–water partition coefficient (Wildman–Crippen LogP) is 2.94. The van der Waals surface area contributed by atoms with E-state index < -0.39 is 5.60 Å². The summed E-state index contributed by atoms with van der Waals surface area (Å²) in [6.07, 6.45) is 7.30. The Labute approximate surface area is 180 Å². The quantitative estimate of drug-likeness (QED) is 0.635. The highest BCUT2D eigenvalue weighted by atomic mass is 32.1. The highest BCUT2D eigenvalue weighted by Gasteiger charge is 2.56. The third kappa shape index (κ3) is 3.64. The fraction of sp³-hybridized carbons (Fsp3) is 0.348. The molecule has 2 aliphatic heterocycles. The Hall–Kier alpha value is -2.61. The second-order valence-electron chi connectivity index (χ2n) is 7.97. The van der Waals surface area contributed by atoms with Crippen molar-refractivity contribution in [2.45, 2.75) is 24.6 Å². The van der Waals surface area contributed by atoms with Crippen molar-refractivity contribution in [2.24, 2.45) is 0 Å². The van der Waals surface area contributed by atoms with Crippen LogP contribution in [-0.2, 0) is 22.6 Å². The van der Waals surface area contributed by atoms with Crippen molar-refractivity contribution in [3.05, 3.63) is 82.6 Å². The molecule has 5 rings (SSSR count). The summed E-state index contributed by atoms with van der Waals surface area (Å²) in [6.45, 7) is 3.87. The zero-order valence-corrected chi connectivity index (χ0v) is 17.5. The molecule has 5 heterocycles. The van der Waals surface area contributed by atoms with E-state index in [9.17, 15) is 4.79 Å². The van der Waals surface area contributed by atoms with Gasteiger partial charge in [0.05, 0.1) is 6.61 Å². The molecule has 0 aromatic carbocycles. The minimum Gasteiger partial charge on any atom is -0.361 e. The highest BCUT2D eigenvalue weighted by molar-refractivity contribution is 7.07. The first-order chi connectivity index (χ1) is 14.7.